The van der Waals surface area contributed by atoms with E-state index < -0.39 is 135 Å². The fourth-order valence-electron chi connectivity index (χ4n) is 7.32. The lowest BCUT2D eigenvalue weighted by atomic mass is 10.0. The predicted octanol–water partition coefficient (Wildman–Crippen LogP) is 0.217. The summed E-state index contributed by atoms with van der Waals surface area (Å²) < 4.78 is 116. The lowest BCUT2D eigenvalue weighted by Gasteiger charge is -2.36. The summed E-state index contributed by atoms with van der Waals surface area (Å²) in [4.78, 5) is 97.0. The molecular formula is C42H64N6O21S6. The van der Waals surface area contributed by atoms with Crippen molar-refractivity contribution in [3.05, 3.63) is 23.3 Å². The number of thiophene rings is 2. The van der Waals surface area contributed by atoms with Gasteiger partial charge in [0.05, 0.1) is 35.7 Å². The Bertz CT molecular complexity index is 2940. The van der Waals surface area contributed by atoms with E-state index >= 15 is 0 Å². The number of carboxylic acids is 1. The molecule has 2 aliphatic rings. The molecular weight excluding hydrogens is 1120 g/mol. The van der Waals surface area contributed by atoms with Crippen LogP contribution in [0, 0.1) is 0 Å². The zero-order chi connectivity index (χ0) is 58.0. The minimum absolute atomic E-state index is 0.00835. The predicted molar refractivity (Wildman–Crippen MR) is 267 cm³/mol. The Morgan fingerprint density at radius 3 is 1.36 bits per heavy atom. The van der Waals surface area contributed by atoms with E-state index in [0.29, 0.717) is 34.8 Å². The second-order valence-corrected chi connectivity index (χ2v) is 27.8. The summed E-state index contributed by atoms with van der Waals surface area (Å²) in [5.41, 5.74) is 0.506. The average molecular weight is 1180 g/mol. The van der Waals surface area contributed by atoms with Crippen LogP contribution in [0.2, 0.25) is 0 Å². The second kappa shape index (κ2) is 26.7. The van der Waals surface area contributed by atoms with Crippen LogP contribution in [0.3, 0.4) is 0 Å². The summed E-state index contributed by atoms with van der Waals surface area (Å²) >= 11 is 1.20. The zero-order valence-corrected chi connectivity index (χ0v) is 48.0. The average Bonchev–Trinajstić information content (AvgIpc) is 3.96. The minimum Gasteiger partial charge on any atom is -0.479 e. The molecule has 2 aromatic heterocycles. The SMILES string of the molecule is CC(=O)O[C@@H](C)C(=O)O[C@@H](C)C(=O)O.CCN(C(=O)CN(C)C(=O)[C@H](C)OC(=O)[C@H](C)OC(C)=O)[C@H]1C[C@H](C)S(=O)(=O)c2sc(S(N)(=O)=O)cc21.CCN(C(=O)CNC)[C@H]1C[C@H](C)S(=O)(=O)c2sc(S(N)(=O)=O)cc21. The van der Waals surface area contributed by atoms with E-state index in [4.69, 9.17) is 24.9 Å². The largest absolute Gasteiger partial charge is 0.479 e. The maximum absolute atomic E-state index is 13.2. The highest BCUT2D eigenvalue weighted by molar-refractivity contribution is 7.96. The first-order valence-electron chi connectivity index (χ1n) is 22.6. The van der Waals surface area contributed by atoms with Crippen molar-refractivity contribution in [2.45, 2.75) is 146 Å². The highest BCUT2D eigenvalue weighted by Gasteiger charge is 2.44. The molecule has 27 nitrogen and oxygen atoms in total. The Labute approximate surface area is 443 Å². The number of nitrogens with two attached hydrogens (primary N) is 2. The number of fused-ring (bicyclic) bond motifs is 2. The van der Waals surface area contributed by atoms with Crippen molar-refractivity contribution >= 4 is 110 Å². The molecule has 0 fully saturated rings. The Morgan fingerprint density at radius 2 is 1.04 bits per heavy atom. The summed E-state index contributed by atoms with van der Waals surface area (Å²) in [7, 11) is -12.7. The molecule has 6 N–H and O–H groups in total. The molecule has 0 aliphatic carbocycles. The van der Waals surface area contributed by atoms with E-state index in [-0.39, 0.29) is 54.2 Å². The fourth-order valence-corrected chi connectivity index (χ4v) is 16.1. The van der Waals surface area contributed by atoms with Crippen molar-refractivity contribution < 1.29 is 96.1 Å². The molecule has 0 bridgehead atoms. The maximum atomic E-state index is 13.2. The molecule has 0 saturated heterocycles. The van der Waals surface area contributed by atoms with Gasteiger partial charge in [-0.2, -0.15) is 0 Å². The highest BCUT2D eigenvalue weighted by atomic mass is 32.3. The van der Waals surface area contributed by atoms with E-state index in [1.807, 2.05) is 0 Å². The quantitative estimate of drug-likeness (QED) is 0.115. The number of nitrogens with zero attached hydrogens (tertiary/aromatic N) is 3. The zero-order valence-electron chi connectivity index (χ0n) is 43.1. The standard InChI is InChI=1S/C21H31N3O10S3.C13H21N3O5S3.C8H12O6/c1-7-24(16-8-11(2)36(29,30)21-15(16)9-18(35-21)37(22,31)32)17(26)10-23(6)19(27)12(3)34-20(28)13(4)33-14(5)25;1-4-16(11(17)7-15-3)10-5-8(2)23(18,19)13-9(10)6-12(22-13)24(14,20)21;1-4(7(10)11)14-8(12)5(2)13-6(3)9/h9,11-13,16H,7-8,10H2,1-6H3,(H2,22,31,32);6,8,10,15H,4-5,7H2,1-3H3,(H2,14,20,21);4-5H,1-3H3,(H,10,11)/t11-,12-,13-,16-;8-,10-;4-,5-/m000/s1. The normalized spacial score (nSPS) is 19.9. The Hall–Kier alpha value is -5.16. The number of aliphatic carboxylic acids is 1. The molecule has 2 aromatic rings. The van der Waals surface area contributed by atoms with Crippen molar-refractivity contribution in [2.24, 2.45) is 10.3 Å². The molecule has 0 aromatic carbocycles. The van der Waals surface area contributed by atoms with E-state index in [1.54, 1.807) is 32.7 Å². The number of sulfone groups is 2. The second-order valence-electron chi connectivity index (χ2n) is 17.0. The molecule has 8 atom stereocenters. The van der Waals surface area contributed by atoms with Crippen molar-refractivity contribution in [3.8, 4) is 0 Å². The number of hydrogen-bond donors (Lipinski definition) is 4. The number of primary sulfonamides is 2. The first-order chi connectivity index (χ1) is 34.3. The smallest absolute Gasteiger partial charge is 0.347 e. The monoisotopic (exact) mass is 1180 g/mol. The molecule has 33 heteroatoms. The van der Waals surface area contributed by atoms with E-state index in [0.717, 1.165) is 18.7 Å². The van der Waals surface area contributed by atoms with Gasteiger partial charge in [-0.1, -0.05) is 0 Å². The lowest BCUT2D eigenvalue weighted by Crippen LogP contribution is -2.47. The number of hydrogen-bond acceptors (Lipinski definition) is 23. The van der Waals surface area contributed by atoms with Gasteiger partial charge in [-0.3, -0.25) is 24.0 Å². The summed E-state index contributed by atoms with van der Waals surface area (Å²) in [5, 5.41) is 20.0. The Morgan fingerprint density at radius 1 is 0.680 bits per heavy atom. The molecule has 3 amide bonds. The molecule has 75 heavy (non-hydrogen) atoms. The lowest BCUT2D eigenvalue weighted by molar-refractivity contribution is -0.174. The Kier molecular flexibility index (Phi) is 23.5. The summed E-state index contributed by atoms with van der Waals surface area (Å²) in [6, 6.07) is 1.22. The third-order valence-electron chi connectivity index (χ3n) is 11.2. The number of carbonyl (C=O) groups excluding carboxylic acids is 7. The minimum atomic E-state index is -4.17. The molecule has 4 heterocycles. The molecule has 0 unspecified atom stereocenters. The highest BCUT2D eigenvalue weighted by Crippen LogP contribution is 2.46. The fraction of sp³-hybridized carbons (Fsp3) is 0.619. The van der Waals surface area contributed by atoms with Crippen LogP contribution in [-0.4, -0.2) is 176 Å². The molecule has 0 radical (unpaired) electrons. The molecule has 0 saturated carbocycles. The van der Waals surface area contributed by atoms with E-state index in [9.17, 15) is 72.0 Å². The molecule has 424 valence electrons. The van der Waals surface area contributed by atoms with Gasteiger partial charge in [0, 0.05) is 45.1 Å². The number of carbonyl (C=O) groups is 8. The van der Waals surface area contributed by atoms with Crippen LogP contribution >= 0.6 is 22.7 Å². The first-order valence-corrected chi connectivity index (χ1v) is 30.4. The van der Waals surface area contributed by atoms with Gasteiger partial charge in [0.25, 0.3) is 5.91 Å². The number of likely N-dealkylation sites (N-methyl/N-ethyl adjacent to an activating group) is 4. The summed E-state index contributed by atoms with van der Waals surface area (Å²) in [6.07, 6.45) is -4.59. The van der Waals surface area contributed by atoms with Crippen LogP contribution < -0.4 is 15.6 Å². The van der Waals surface area contributed by atoms with Crippen molar-refractivity contribution in [1.29, 1.82) is 0 Å². The number of rotatable bonds is 18. The number of amides is 3. The van der Waals surface area contributed by atoms with Crippen LogP contribution in [0.25, 0.3) is 0 Å². The topological polar surface area (TPSA) is 404 Å². The van der Waals surface area contributed by atoms with Crippen molar-refractivity contribution in [1.82, 2.24) is 20.0 Å². The van der Waals surface area contributed by atoms with Crippen LogP contribution in [0.15, 0.2) is 29.0 Å². The first kappa shape index (κ1) is 66.0. The number of nitrogens with one attached hydrogen (secondary N) is 1. The number of sulfonamides is 2. The van der Waals surface area contributed by atoms with Gasteiger partial charge < -0.3 is 44.1 Å². The van der Waals surface area contributed by atoms with E-state index in [2.05, 4.69) is 14.8 Å². The number of ether oxygens (including phenoxy) is 4. The summed E-state index contributed by atoms with van der Waals surface area (Å²) in [6.45, 7) is 14.1. The van der Waals surface area contributed by atoms with Crippen LogP contribution in [0.5, 0.6) is 0 Å². The third-order valence-corrected chi connectivity index (χ3v) is 21.8. The van der Waals surface area contributed by atoms with Gasteiger partial charge in [0.2, 0.25) is 31.9 Å². The van der Waals surface area contributed by atoms with E-state index in [1.165, 1.54) is 58.7 Å². The van der Waals surface area contributed by atoms with Crippen LogP contribution in [0.1, 0.15) is 105 Å². The van der Waals surface area contributed by atoms with Gasteiger partial charge in [0.15, 0.2) is 44.1 Å². The Balaban J connectivity index is 0.000000432. The van der Waals surface area contributed by atoms with Crippen LogP contribution in [-0.2, 0) is 97.0 Å². The third kappa shape index (κ3) is 17.2. The van der Waals surface area contributed by atoms with Crippen LogP contribution in [0.4, 0.5) is 0 Å². The molecule has 2 aliphatic heterocycles. The van der Waals surface area contributed by atoms with Gasteiger partial charge >= 0.3 is 29.8 Å². The molecule has 0 spiro atoms. The van der Waals surface area contributed by atoms with Gasteiger partial charge in [-0.05, 0) is 87.4 Å². The molecule has 4 rings (SSSR count). The van der Waals surface area contributed by atoms with Gasteiger partial charge in [-0.25, -0.2) is 58.3 Å². The summed E-state index contributed by atoms with van der Waals surface area (Å²) in [5.74, 6) is -5.79. The number of esters is 4. The maximum Gasteiger partial charge on any atom is 0.347 e. The van der Waals surface area contributed by atoms with Gasteiger partial charge in [0.1, 0.15) is 16.8 Å². The number of carboxylic acid groups (broad SMARTS) is 1. The van der Waals surface area contributed by atoms with Crippen molar-refractivity contribution in [2.75, 3.05) is 40.3 Å². The van der Waals surface area contributed by atoms with Crippen molar-refractivity contribution in [3.63, 3.8) is 0 Å². The van der Waals surface area contributed by atoms with Gasteiger partial charge in [-0.15, -0.1) is 22.7 Å².